The summed E-state index contributed by atoms with van der Waals surface area (Å²) in [6.07, 6.45) is -2.16. The number of hydrogen-bond donors (Lipinski definition) is 2. The fourth-order valence-electron chi connectivity index (χ4n) is 2.37. The average Bonchev–Trinajstić information content (AvgIpc) is 2.70. The van der Waals surface area contributed by atoms with Crippen LogP contribution in [0.4, 0.5) is 0 Å². The molecule has 2 atom stereocenters. The van der Waals surface area contributed by atoms with Crippen molar-refractivity contribution < 1.29 is 29.2 Å². The molecule has 6 nitrogen and oxygen atoms in total. The molecule has 26 heavy (non-hydrogen) atoms. The lowest BCUT2D eigenvalue weighted by Gasteiger charge is -2.12. The van der Waals surface area contributed by atoms with Gasteiger partial charge < -0.3 is 29.2 Å². The molecular weight excluding hydrogens is 336 g/mol. The minimum atomic E-state index is -1.08. The number of ether oxygens (including phenoxy) is 4. The molecule has 0 spiro atoms. The van der Waals surface area contributed by atoms with Crippen LogP contribution in [0.5, 0.6) is 23.0 Å². The predicted octanol–water partition coefficient (Wildman–Crippen LogP) is 2.49. The van der Waals surface area contributed by atoms with Crippen molar-refractivity contribution in [1.82, 2.24) is 0 Å². The molecule has 6 heteroatoms. The zero-order valence-electron chi connectivity index (χ0n) is 15.1. The lowest BCUT2D eigenvalue weighted by molar-refractivity contribution is 0.226. The van der Waals surface area contributed by atoms with E-state index in [0.717, 1.165) is 0 Å². The van der Waals surface area contributed by atoms with Crippen molar-refractivity contribution in [1.29, 1.82) is 0 Å². The molecule has 0 aliphatic carbocycles. The summed E-state index contributed by atoms with van der Waals surface area (Å²) in [6, 6.07) is 10.0. The number of aliphatic hydroxyl groups is 2. The van der Waals surface area contributed by atoms with E-state index in [0.29, 0.717) is 34.1 Å². The van der Waals surface area contributed by atoms with Crippen LogP contribution in [0.25, 0.3) is 0 Å². The van der Waals surface area contributed by atoms with Crippen molar-refractivity contribution in [3.8, 4) is 34.8 Å². The van der Waals surface area contributed by atoms with E-state index in [-0.39, 0.29) is 0 Å². The second kappa shape index (κ2) is 8.99. The summed E-state index contributed by atoms with van der Waals surface area (Å²) in [4.78, 5) is 0. The molecule has 0 aliphatic rings. The molecule has 138 valence electrons. The van der Waals surface area contributed by atoms with Gasteiger partial charge in [0.25, 0.3) is 0 Å². The molecule has 2 N–H and O–H groups in total. The normalized spacial score (nSPS) is 12.4. The van der Waals surface area contributed by atoms with Gasteiger partial charge in [0, 0.05) is 0 Å². The standard InChI is InChI=1S/C20H22O6/c1-23-17-9-5-13(11-19(17)25-3)15(21)7-8-16(22)14-6-10-18(24-2)20(12-14)26-4/h5-6,9-12,15-16,21-22H,1-4H3. The molecule has 0 aliphatic heterocycles. The lowest BCUT2D eigenvalue weighted by atomic mass is 10.1. The van der Waals surface area contributed by atoms with Gasteiger partial charge in [-0.05, 0) is 35.4 Å². The van der Waals surface area contributed by atoms with Gasteiger partial charge in [-0.1, -0.05) is 24.0 Å². The first-order valence-electron chi connectivity index (χ1n) is 7.85. The molecule has 0 saturated carbocycles. The molecule has 0 aromatic heterocycles. The SMILES string of the molecule is COc1ccc(C(O)C#CC(O)c2ccc(OC)c(OC)c2)cc1OC. The average molecular weight is 358 g/mol. The Bertz CT molecular complexity index is 740. The fourth-order valence-corrected chi connectivity index (χ4v) is 2.37. The van der Waals surface area contributed by atoms with Gasteiger partial charge in [0.15, 0.2) is 23.0 Å². The third-order valence-corrected chi connectivity index (χ3v) is 3.80. The number of methoxy groups -OCH3 is 4. The highest BCUT2D eigenvalue weighted by atomic mass is 16.5. The van der Waals surface area contributed by atoms with Gasteiger partial charge >= 0.3 is 0 Å². The van der Waals surface area contributed by atoms with Crippen LogP contribution >= 0.6 is 0 Å². The Morgan fingerprint density at radius 3 is 1.27 bits per heavy atom. The van der Waals surface area contributed by atoms with Crippen LogP contribution < -0.4 is 18.9 Å². The molecular formula is C20H22O6. The monoisotopic (exact) mass is 358 g/mol. The molecule has 0 saturated heterocycles. The highest BCUT2D eigenvalue weighted by Gasteiger charge is 2.12. The van der Waals surface area contributed by atoms with Gasteiger partial charge in [-0.25, -0.2) is 0 Å². The number of hydrogen-bond acceptors (Lipinski definition) is 6. The van der Waals surface area contributed by atoms with Crippen molar-refractivity contribution in [2.45, 2.75) is 12.2 Å². The quantitative estimate of drug-likeness (QED) is 0.773. The Labute approximate surface area is 152 Å². The molecule has 0 amide bonds. The van der Waals surface area contributed by atoms with Gasteiger partial charge in [0.2, 0.25) is 0 Å². The summed E-state index contributed by atoms with van der Waals surface area (Å²) in [5.74, 6) is 7.38. The van der Waals surface area contributed by atoms with E-state index in [2.05, 4.69) is 11.8 Å². The van der Waals surface area contributed by atoms with Crippen molar-refractivity contribution in [3.63, 3.8) is 0 Å². The Balaban J connectivity index is 2.20. The molecule has 0 heterocycles. The minimum absolute atomic E-state index is 0.492. The molecule has 2 aromatic carbocycles. The van der Waals surface area contributed by atoms with Gasteiger partial charge in [-0.2, -0.15) is 0 Å². The smallest absolute Gasteiger partial charge is 0.161 e. The summed E-state index contributed by atoms with van der Waals surface area (Å²) < 4.78 is 20.7. The number of rotatable bonds is 6. The van der Waals surface area contributed by atoms with E-state index >= 15 is 0 Å². The summed E-state index contributed by atoms with van der Waals surface area (Å²) in [5, 5.41) is 20.5. The van der Waals surface area contributed by atoms with Gasteiger partial charge in [0.1, 0.15) is 12.2 Å². The van der Waals surface area contributed by atoms with Crippen LogP contribution in [0.15, 0.2) is 36.4 Å². The third-order valence-electron chi connectivity index (χ3n) is 3.80. The van der Waals surface area contributed by atoms with Crippen molar-refractivity contribution in [2.75, 3.05) is 28.4 Å². The Kier molecular flexibility index (Phi) is 6.73. The maximum absolute atomic E-state index is 10.3. The van der Waals surface area contributed by atoms with Crippen molar-refractivity contribution in [2.24, 2.45) is 0 Å². The van der Waals surface area contributed by atoms with Crippen LogP contribution in [0, 0.1) is 11.8 Å². The first-order chi connectivity index (χ1) is 12.5. The lowest BCUT2D eigenvalue weighted by Crippen LogP contribution is -1.99. The first-order valence-corrected chi connectivity index (χ1v) is 7.85. The van der Waals surface area contributed by atoms with Crippen LogP contribution in [0.3, 0.4) is 0 Å². The maximum Gasteiger partial charge on any atom is 0.161 e. The molecule has 2 aromatic rings. The van der Waals surface area contributed by atoms with Crippen molar-refractivity contribution >= 4 is 0 Å². The Morgan fingerprint density at radius 1 is 0.615 bits per heavy atom. The topological polar surface area (TPSA) is 77.4 Å². The maximum atomic E-state index is 10.3. The molecule has 2 unspecified atom stereocenters. The highest BCUT2D eigenvalue weighted by molar-refractivity contribution is 5.46. The Hall–Kier alpha value is -2.88. The van der Waals surface area contributed by atoms with Crippen molar-refractivity contribution in [3.05, 3.63) is 47.5 Å². The van der Waals surface area contributed by atoms with Gasteiger partial charge in [0.05, 0.1) is 28.4 Å². The second-order valence-electron chi connectivity index (χ2n) is 5.32. The van der Waals surface area contributed by atoms with Crippen LogP contribution in [-0.4, -0.2) is 38.7 Å². The Morgan fingerprint density at radius 2 is 0.962 bits per heavy atom. The number of aliphatic hydroxyl groups excluding tert-OH is 2. The first kappa shape index (κ1) is 19.4. The molecule has 0 fully saturated rings. The number of benzene rings is 2. The second-order valence-corrected chi connectivity index (χ2v) is 5.32. The third kappa shape index (κ3) is 4.39. The van der Waals surface area contributed by atoms with E-state index in [4.69, 9.17) is 18.9 Å². The van der Waals surface area contributed by atoms with Crippen LogP contribution in [0.1, 0.15) is 23.3 Å². The zero-order valence-corrected chi connectivity index (χ0v) is 15.1. The molecule has 2 rings (SSSR count). The van der Waals surface area contributed by atoms with Gasteiger partial charge in [-0.15, -0.1) is 0 Å². The zero-order chi connectivity index (χ0) is 19.1. The summed E-state index contributed by atoms with van der Waals surface area (Å²) >= 11 is 0. The van der Waals surface area contributed by atoms with Crippen LogP contribution in [-0.2, 0) is 0 Å². The van der Waals surface area contributed by atoms with Gasteiger partial charge in [-0.3, -0.25) is 0 Å². The molecule has 0 bridgehead atoms. The van der Waals surface area contributed by atoms with E-state index in [1.54, 1.807) is 36.4 Å². The summed E-state index contributed by atoms with van der Waals surface area (Å²) in [6.45, 7) is 0. The highest BCUT2D eigenvalue weighted by Crippen LogP contribution is 2.31. The summed E-state index contributed by atoms with van der Waals surface area (Å²) in [7, 11) is 6.10. The minimum Gasteiger partial charge on any atom is -0.493 e. The largest absolute Gasteiger partial charge is 0.493 e. The fraction of sp³-hybridized carbons (Fsp3) is 0.300. The van der Waals surface area contributed by atoms with E-state index in [9.17, 15) is 10.2 Å². The van der Waals surface area contributed by atoms with E-state index in [1.807, 2.05) is 0 Å². The predicted molar refractivity (Wildman–Crippen MR) is 96.8 cm³/mol. The summed E-state index contributed by atoms with van der Waals surface area (Å²) in [5.41, 5.74) is 1.07. The van der Waals surface area contributed by atoms with E-state index < -0.39 is 12.2 Å². The van der Waals surface area contributed by atoms with Crippen LogP contribution in [0.2, 0.25) is 0 Å². The molecule has 0 radical (unpaired) electrons. The van der Waals surface area contributed by atoms with E-state index in [1.165, 1.54) is 28.4 Å².